The van der Waals surface area contributed by atoms with Crippen LogP contribution in [-0.4, -0.2) is 46.4 Å². The van der Waals surface area contributed by atoms with E-state index in [4.69, 9.17) is 9.47 Å². The average Bonchev–Trinajstić information content (AvgIpc) is 2.66. The summed E-state index contributed by atoms with van der Waals surface area (Å²) in [4.78, 5) is 25.6. The Kier molecular flexibility index (Phi) is 3.86. The van der Waals surface area contributed by atoms with Crippen LogP contribution in [0.3, 0.4) is 0 Å². The van der Waals surface area contributed by atoms with E-state index in [2.05, 4.69) is 15.9 Å². The largest absolute Gasteiger partial charge is 0.507 e. The van der Waals surface area contributed by atoms with Gasteiger partial charge in [0.2, 0.25) is 5.60 Å². The maximum absolute atomic E-state index is 12.2. The van der Waals surface area contributed by atoms with Gasteiger partial charge in [0.25, 0.3) is 0 Å². The molecule has 0 aliphatic carbocycles. The number of ether oxygens (including phenoxy) is 2. The fourth-order valence-electron chi connectivity index (χ4n) is 2.74. The summed E-state index contributed by atoms with van der Waals surface area (Å²) in [6.45, 7) is 5.49. The molecular formula is C17H18BrNO5. The van der Waals surface area contributed by atoms with Crippen LogP contribution in [0.25, 0.3) is 5.57 Å². The zero-order valence-corrected chi connectivity index (χ0v) is 15.2. The first kappa shape index (κ1) is 16.8. The van der Waals surface area contributed by atoms with E-state index in [-0.39, 0.29) is 24.4 Å². The first-order valence-electron chi connectivity index (χ1n) is 7.52. The molecule has 1 spiro atoms. The van der Waals surface area contributed by atoms with Crippen molar-refractivity contribution < 1.29 is 24.2 Å². The highest BCUT2D eigenvalue weighted by atomic mass is 79.9. The minimum Gasteiger partial charge on any atom is -0.507 e. The molecule has 0 bridgehead atoms. The second-order valence-electron chi connectivity index (χ2n) is 6.95. The fraction of sp³-hybridized carbons (Fsp3) is 0.412. The van der Waals surface area contributed by atoms with Crippen LogP contribution in [-0.2, 0) is 14.3 Å². The Morgan fingerprint density at radius 1 is 1.38 bits per heavy atom. The second kappa shape index (κ2) is 5.51. The summed E-state index contributed by atoms with van der Waals surface area (Å²) < 4.78 is 11.5. The third kappa shape index (κ3) is 2.88. The number of likely N-dealkylation sites (tertiary alicyclic amines) is 1. The topological polar surface area (TPSA) is 76.1 Å². The number of rotatable bonds is 1. The highest BCUT2D eigenvalue weighted by molar-refractivity contribution is 9.10. The molecule has 1 saturated heterocycles. The van der Waals surface area contributed by atoms with E-state index >= 15 is 0 Å². The highest BCUT2D eigenvalue weighted by Gasteiger charge is 2.58. The maximum Gasteiger partial charge on any atom is 0.410 e. The van der Waals surface area contributed by atoms with E-state index in [9.17, 15) is 14.7 Å². The van der Waals surface area contributed by atoms with E-state index in [0.717, 1.165) is 4.47 Å². The molecule has 1 N–H and O–H groups in total. The molecular weight excluding hydrogens is 378 g/mol. The monoisotopic (exact) mass is 395 g/mol. The van der Waals surface area contributed by atoms with E-state index in [1.165, 1.54) is 4.90 Å². The lowest BCUT2D eigenvalue weighted by Gasteiger charge is -2.45. The van der Waals surface area contributed by atoms with Crippen LogP contribution < -0.4 is 0 Å². The summed E-state index contributed by atoms with van der Waals surface area (Å²) in [5, 5.41) is 10.5. The number of hydrogen-bond acceptors (Lipinski definition) is 5. The van der Waals surface area contributed by atoms with Gasteiger partial charge < -0.3 is 14.6 Å². The number of amides is 1. The van der Waals surface area contributed by atoms with Gasteiger partial charge in [0.05, 0.1) is 13.1 Å². The van der Waals surface area contributed by atoms with Gasteiger partial charge in [-0.2, -0.15) is 0 Å². The minimum absolute atomic E-state index is 0.0803. The van der Waals surface area contributed by atoms with Crippen molar-refractivity contribution in [1.29, 1.82) is 0 Å². The van der Waals surface area contributed by atoms with E-state index in [0.29, 0.717) is 5.56 Å². The average molecular weight is 396 g/mol. The van der Waals surface area contributed by atoms with Gasteiger partial charge in [-0.25, -0.2) is 9.59 Å². The SMILES string of the molecule is CC(C)(C)OC(=O)N1CC2(C1)OC(=O)C(c1cccc(Br)c1)=C2O. The van der Waals surface area contributed by atoms with E-state index in [1.54, 1.807) is 39.0 Å². The van der Waals surface area contributed by atoms with Gasteiger partial charge in [0.15, 0.2) is 5.76 Å². The van der Waals surface area contributed by atoms with Gasteiger partial charge in [0.1, 0.15) is 11.2 Å². The lowest BCUT2D eigenvalue weighted by Crippen LogP contribution is -2.65. The van der Waals surface area contributed by atoms with Crippen molar-refractivity contribution in [3.63, 3.8) is 0 Å². The second-order valence-corrected chi connectivity index (χ2v) is 7.87. The molecule has 0 aromatic heterocycles. The lowest BCUT2D eigenvalue weighted by atomic mass is 9.90. The summed E-state index contributed by atoms with van der Waals surface area (Å²) in [7, 11) is 0. The number of benzene rings is 1. The number of aliphatic hydroxyl groups excluding tert-OH is 1. The van der Waals surface area contributed by atoms with Crippen LogP contribution in [0.1, 0.15) is 26.3 Å². The molecule has 128 valence electrons. The molecule has 0 unspecified atom stereocenters. The smallest absolute Gasteiger partial charge is 0.410 e. The third-order valence-electron chi connectivity index (χ3n) is 3.82. The first-order valence-corrected chi connectivity index (χ1v) is 8.31. The van der Waals surface area contributed by atoms with Gasteiger partial charge >= 0.3 is 12.1 Å². The summed E-state index contributed by atoms with van der Waals surface area (Å²) in [5.74, 6) is -0.722. The number of nitrogens with zero attached hydrogens (tertiary/aromatic N) is 1. The maximum atomic E-state index is 12.2. The summed E-state index contributed by atoms with van der Waals surface area (Å²) in [6, 6.07) is 7.05. The third-order valence-corrected chi connectivity index (χ3v) is 4.31. The van der Waals surface area contributed by atoms with Gasteiger partial charge in [-0.15, -0.1) is 0 Å². The molecule has 2 aliphatic rings. The van der Waals surface area contributed by atoms with Crippen molar-refractivity contribution in [3.05, 3.63) is 40.1 Å². The molecule has 0 atom stereocenters. The van der Waals surface area contributed by atoms with Crippen molar-refractivity contribution in [3.8, 4) is 0 Å². The van der Waals surface area contributed by atoms with Crippen LogP contribution in [0.2, 0.25) is 0 Å². The molecule has 0 radical (unpaired) electrons. The van der Waals surface area contributed by atoms with Crippen molar-refractivity contribution in [2.24, 2.45) is 0 Å². The lowest BCUT2D eigenvalue weighted by molar-refractivity contribution is -0.162. The van der Waals surface area contributed by atoms with Gasteiger partial charge in [-0.05, 0) is 38.5 Å². The zero-order chi connectivity index (χ0) is 17.7. The van der Waals surface area contributed by atoms with Gasteiger partial charge in [-0.1, -0.05) is 28.1 Å². The van der Waals surface area contributed by atoms with Crippen molar-refractivity contribution in [2.75, 3.05) is 13.1 Å². The van der Waals surface area contributed by atoms with Crippen LogP contribution in [0, 0.1) is 0 Å². The van der Waals surface area contributed by atoms with E-state index < -0.39 is 23.3 Å². The summed E-state index contributed by atoms with van der Waals surface area (Å²) >= 11 is 3.34. The molecule has 1 fully saturated rings. The predicted molar refractivity (Wildman–Crippen MR) is 90.3 cm³/mol. The molecule has 6 nitrogen and oxygen atoms in total. The predicted octanol–water partition coefficient (Wildman–Crippen LogP) is 3.26. The number of halogens is 1. The number of esters is 1. The highest BCUT2D eigenvalue weighted by Crippen LogP contribution is 2.42. The van der Waals surface area contributed by atoms with Crippen LogP contribution in [0.5, 0.6) is 0 Å². The summed E-state index contributed by atoms with van der Waals surface area (Å²) in [5.41, 5.74) is -1.06. The molecule has 7 heteroatoms. The van der Waals surface area contributed by atoms with Crippen LogP contribution in [0.15, 0.2) is 34.5 Å². The first-order chi connectivity index (χ1) is 11.1. The van der Waals surface area contributed by atoms with Gasteiger partial charge in [-0.3, -0.25) is 4.90 Å². The molecule has 1 aromatic carbocycles. The number of aliphatic hydroxyl groups is 1. The molecule has 24 heavy (non-hydrogen) atoms. The Balaban J connectivity index is 1.80. The number of hydrogen-bond donors (Lipinski definition) is 1. The number of carbonyl (C=O) groups is 2. The van der Waals surface area contributed by atoms with Crippen molar-refractivity contribution in [2.45, 2.75) is 32.0 Å². The molecule has 2 aliphatic heterocycles. The molecule has 1 aromatic rings. The Bertz CT molecular complexity index is 744. The number of carbonyl (C=O) groups excluding carboxylic acids is 2. The molecule has 3 rings (SSSR count). The van der Waals surface area contributed by atoms with Crippen LogP contribution in [0.4, 0.5) is 4.79 Å². The molecule has 0 saturated carbocycles. The quantitative estimate of drug-likeness (QED) is 0.738. The molecule has 2 heterocycles. The minimum atomic E-state index is -1.16. The normalized spacial score (nSPS) is 19.3. The molecule has 1 amide bonds. The van der Waals surface area contributed by atoms with Crippen molar-refractivity contribution >= 4 is 33.6 Å². The standard InChI is InChI=1S/C17H18BrNO5/c1-16(2,3)24-15(22)19-8-17(9-19)13(20)12(14(21)23-17)10-5-4-6-11(18)7-10/h4-7,20H,8-9H2,1-3H3. The van der Waals surface area contributed by atoms with Crippen molar-refractivity contribution in [1.82, 2.24) is 4.90 Å². The summed E-state index contributed by atoms with van der Waals surface area (Å²) in [6.07, 6.45) is -0.493. The zero-order valence-electron chi connectivity index (χ0n) is 13.6. The van der Waals surface area contributed by atoms with Gasteiger partial charge in [0, 0.05) is 4.47 Å². The Labute approximate surface area is 148 Å². The van der Waals surface area contributed by atoms with Crippen LogP contribution >= 0.6 is 15.9 Å². The van der Waals surface area contributed by atoms with E-state index in [1.807, 2.05) is 6.07 Å². The Morgan fingerprint density at radius 2 is 2.04 bits per heavy atom. The Hall–Kier alpha value is -2.02. The Morgan fingerprint density at radius 3 is 2.62 bits per heavy atom. The fourth-order valence-corrected chi connectivity index (χ4v) is 3.14.